The van der Waals surface area contributed by atoms with Gasteiger partial charge in [0, 0.05) is 6.42 Å². The minimum absolute atomic E-state index is 0.501. The van der Waals surface area contributed by atoms with Crippen LogP contribution < -0.4 is 10.5 Å². The van der Waals surface area contributed by atoms with Crippen LogP contribution in [0, 0.1) is 5.92 Å². The summed E-state index contributed by atoms with van der Waals surface area (Å²) in [6, 6.07) is 4.19. The van der Waals surface area contributed by atoms with Crippen molar-refractivity contribution in [2.24, 2.45) is 11.7 Å². The Bertz CT molecular complexity index is 365. The van der Waals surface area contributed by atoms with Crippen LogP contribution in [0.1, 0.15) is 18.1 Å². The molecule has 2 nitrogen and oxygen atoms in total. The zero-order chi connectivity index (χ0) is 10.8. The van der Waals surface area contributed by atoms with Crippen molar-refractivity contribution in [2.45, 2.75) is 19.8 Å². The molecule has 2 rings (SSSR count). The summed E-state index contributed by atoms with van der Waals surface area (Å²) >= 11 is 6.15. The summed E-state index contributed by atoms with van der Waals surface area (Å²) in [5, 5.41) is 0.740. The second kappa shape index (κ2) is 4.42. The van der Waals surface area contributed by atoms with Crippen molar-refractivity contribution in [3.8, 4) is 5.75 Å². The van der Waals surface area contributed by atoms with Gasteiger partial charge in [0.25, 0.3) is 0 Å². The molecule has 1 heterocycles. The van der Waals surface area contributed by atoms with E-state index >= 15 is 0 Å². The highest BCUT2D eigenvalue weighted by Gasteiger charge is 2.17. The molecular weight excluding hydrogens is 210 g/mol. The number of hydrogen-bond acceptors (Lipinski definition) is 2. The summed E-state index contributed by atoms with van der Waals surface area (Å²) in [6.07, 6.45) is 1.96. The van der Waals surface area contributed by atoms with E-state index in [0.717, 1.165) is 30.2 Å². The average Bonchev–Trinajstić information content (AvgIpc) is 2.66. The standard InChI is InChI=1S/C12H16ClNO/c1-8(7-14)4-9-5-10-2-3-15-12(10)11(13)6-9/h5-6,8H,2-4,7,14H2,1H3. The molecule has 0 aliphatic carbocycles. The number of nitrogens with two attached hydrogens (primary N) is 1. The topological polar surface area (TPSA) is 35.2 Å². The van der Waals surface area contributed by atoms with E-state index in [0.29, 0.717) is 12.5 Å². The van der Waals surface area contributed by atoms with E-state index in [9.17, 15) is 0 Å². The van der Waals surface area contributed by atoms with Gasteiger partial charge in [0.2, 0.25) is 0 Å². The quantitative estimate of drug-likeness (QED) is 0.858. The predicted octanol–water partition coefficient (Wildman–Crippen LogP) is 2.41. The molecule has 1 aliphatic rings. The number of benzene rings is 1. The summed E-state index contributed by atoms with van der Waals surface area (Å²) in [5.41, 5.74) is 8.12. The molecule has 0 saturated carbocycles. The first-order chi connectivity index (χ1) is 7.20. The lowest BCUT2D eigenvalue weighted by Crippen LogP contribution is -2.13. The van der Waals surface area contributed by atoms with Gasteiger partial charge in [-0.3, -0.25) is 0 Å². The van der Waals surface area contributed by atoms with Crippen molar-refractivity contribution >= 4 is 11.6 Å². The van der Waals surface area contributed by atoms with Crippen LogP contribution in [0.15, 0.2) is 12.1 Å². The molecule has 1 aromatic carbocycles. The summed E-state index contributed by atoms with van der Waals surface area (Å²) in [6.45, 7) is 3.62. The summed E-state index contributed by atoms with van der Waals surface area (Å²) in [5.74, 6) is 1.38. The molecule has 0 radical (unpaired) electrons. The van der Waals surface area contributed by atoms with Crippen molar-refractivity contribution < 1.29 is 4.74 Å². The van der Waals surface area contributed by atoms with Crippen LogP contribution >= 0.6 is 11.6 Å². The lowest BCUT2D eigenvalue weighted by molar-refractivity contribution is 0.357. The Hall–Kier alpha value is -0.730. The SMILES string of the molecule is CC(CN)Cc1cc(Cl)c2c(c1)CCO2. The van der Waals surface area contributed by atoms with Gasteiger partial charge < -0.3 is 10.5 Å². The Balaban J connectivity index is 2.23. The van der Waals surface area contributed by atoms with Crippen molar-refractivity contribution in [1.82, 2.24) is 0 Å². The van der Waals surface area contributed by atoms with E-state index < -0.39 is 0 Å². The Morgan fingerprint density at radius 3 is 3.07 bits per heavy atom. The number of ether oxygens (including phenoxy) is 1. The normalized spacial score (nSPS) is 15.9. The van der Waals surface area contributed by atoms with Crippen LogP contribution in [0.4, 0.5) is 0 Å². The highest BCUT2D eigenvalue weighted by Crippen LogP contribution is 2.35. The second-order valence-electron chi connectivity index (χ2n) is 4.21. The van der Waals surface area contributed by atoms with Crippen LogP contribution in [-0.4, -0.2) is 13.2 Å². The first-order valence-corrected chi connectivity index (χ1v) is 5.72. The molecule has 0 fully saturated rings. The average molecular weight is 226 g/mol. The van der Waals surface area contributed by atoms with Crippen molar-refractivity contribution in [2.75, 3.05) is 13.2 Å². The van der Waals surface area contributed by atoms with Gasteiger partial charge in [-0.15, -0.1) is 0 Å². The second-order valence-corrected chi connectivity index (χ2v) is 4.62. The molecule has 1 aromatic rings. The van der Waals surface area contributed by atoms with Crippen LogP contribution in [0.5, 0.6) is 5.75 Å². The molecule has 0 saturated heterocycles. The number of fused-ring (bicyclic) bond motifs is 1. The number of rotatable bonds is 3. The molecule has 1 unspecified atom stereocenters. The third kappa shape index (κ3) is 2.27. The molecule has 2 N–H and O–H groups in total. The first kappa shape index (κ1) is 10.8. The molecule has 0 spiro atoms. The van der Waals surface area contributed by atoms with Crippen LogP contribution in [0.25, 0.3) is 0 Å². The molecule has 0 bridgehead atoms. The van der Waals surface area contributed by atoms with Crippen molar-refractivity contribution in [3.63, 3.8) is 0 Å². The largest absolute Gasteiger partial charge is 0.491 e. The maximum absolute atomic E-state index is 6.15. The first-order valence-electron chi connectivity index (χ1n) is 5.35. The molecule has 15 heavy (non-hydrogen) atoms. The summed E-state index contributed by atoms with van der Waals surface area (Å²) in [7, 11) is 0. The lowest BCUT2D eigenvalue weighted by atomic mass is 9.99. The van der Waals surface area contributed by atoms with E-state index in [1.165, 1.54) is 11.1 Å². The van der Waals surface area contributed by atoms with Crippen molar-refractivity contribution in [3.05, 3.63) is 28.3 Å². The van der Waals surface area contributed by atoms with Gasteiger partial charge in [0.05, 0.1) is 11.6 Å². The lowest BCUT2D eigenvalue weighted by Gasteiger charge is -2.10. The summed E-state index contributed by atoms with van der Waals surface area (Å²) < 4.78 is 5.46. The van der Waals surface area contributed by atoms with E-state index in [-0.39, 0.29) is 0 Å². The molecule has 1 aliphatic heterocycles. The van der Waals surface area contributed by atoms with E-state index in [2.05, 4.69) is 13.0 Å². The zero-order valence-electron chi connectivity index (χ0n) is 8.92. The van der Waals surface area contributed by atoms with Gasteiger partial charge in [-0.2, -0.15) is 0 Å². The Kier molecular flexibility index (Phi) is 3.17. The maximum atomic E-state index is 6.15. The van der Waals surface area contributed by atoms with E-state index in [1.54, 1.807) is 0 Å². The van der Waals surface area contributed by atoms with Crippen LogP contribution in [0.2, 0.25) is 5.02 Å². The third-order valence-corrected chi connectivity index (χ3v) is 3.07. The van der Waals surface area contributed by atoms with E-state index in [1.807, 2.05) is 6.07 Å². The highest BCUT2D eigenvalue weighted by molar-refractivity contribution is 6.32. The Labute approximate surface area is 95.4 Å². The monoisotopic (exact) mass is 225 g/mol. The van der Waals surface area contributed by atoms with Gasteiger partial charge in [0.1, 0.15) is 5.75 Å². The fraction of sp³-hybridized carbons (Fsp3) is 0.500. The third-order valence-electron chi connectivity index (χ3n) is 2.78. The minimum Gasteiger partial charge on any atom is -0.491 e. The van der Waals surface area contributed by atoms with Gasteiger partial charge in [-0.1, -0.05) is 24.6 Å². The fourth-order valence-electron chi connectivity index (χ4n) is 1.93. The highest BCUT2D eigenvalue weighted by atomic mass is 35.5. The van der Waals surface area contributed by atoms with Gasteiger partial charge in [0.15, 0.2) is 0 Å². The predicted molar refractivity (Wildman–Crippen MR) is 62.6 cm³/mol. The van der Waals surface area contributed by atoms with Gasteiger partial charge in [-0.05, 0) is 36.1 Å². The van der Waals surface area contributed by atoms with E-state index in [4.69, 9.17) is 22.1 Å². The van der Waals surface area contributed by atoms with Crippen molar-refractivity contribution in [1.29, 1.82) is 0 Å². The smallest absolute Gasteiger partial charge is 0.141 e. The number of hydrogen-bond donors (Lipinski definition) is 1. The molecule has 0 amide bonds. The summed E-state index contributed by atoms with van der Waals surface area (Å²) in [4.78, 5) is 0. The molecule has 82 valence electrons. The molecule has 0 aromatic heterocycles. The Morgan fingerprint density at radius 1 is 1.53 bits per heavy atom. The maximum Gasteiger partial charge on any atom is 0.141 e. The zero-order valence-corrected chi connectivity index (χ0v) is 9.68. The van der Waals surface area contributed by atoms with Crippen LogP contribution in [-0.2, 0) is 12.8 Å². The van der Waals surface area contributed by atoms with Crippen LogP contribution in [0.3, 0.4) is 0 Å². The molecule has 3 heteroatoms. The fourth-order valence-corrected chi connectivity index (χ4v) is 2.24. The van der Waals surface area contributed by atoms with Gasteiger partial charge >= 0.3 is 0 Å². The number of halogens is 1. The van der Waals surface area contributed by atoms with Gasteiger partial charge in [-0.25, -0.2) is 0 Å². The Morgan fingerprint density at radius 2 is 2.33 bits per heavy atom. The molecular formula is C12H16ClNO. The minimum atomic E-state index is 0.501. The molecule has 1 atom stereocenters.